The van der Waals surface area contributed by atoms with Crippen LogP contribution in [0.25, 0.3) is 0 Å². The van der Waals surface area contributed by atoms with E-state index in [1.807, 2.05) is 48.2 Å². The summed E-state index contributed by atoms with van der Waals surface area (Å²) in [7, 11) is 0. The zero-order valence-electron chi connectivity index (χ0n) is 14.8. The molecule has 2 atom stereocenters. The van der Waals surface area contributed by atoms with Crippen LogP contribution in [0.4, 0.5) is 5.69 Å². The summed E-state index contributed by atoms with van der Waals surface area (Å²) in [4.78, 5) is 25.5. The Hall–Kier alpha value is -3.02. The Morgan fingerprint density at radius 1 is 1.23 bits per heavy atom. The van der Waals surface area contributed by atoms with Gasteiger partial charge < -0.3 is 20.1 Å². The molecule has 1 aliphatic heterocycles. The Morgan fingerprint density at radius 3 is 2.58 bits per heavy atom. The number of para-hydroxylation sites is 1. The molecule has 0 saturated heterocycles. The number of carboxylic acid groups (broad SMARTS) is 1. The lowest BCUT2D eigenvalue weighted by molar-refractivity contribution is -0.139. The molecule has 26 heavy (non-hydrogen) atoms. The Bertz CT molecular complexity index is 804. The predicted molar refractivity (Wildman–Crippen MR) is 98.3 cm³/mol. The van der Waals surface area contributed by atoms with E-state index in [4.69, 9.17) is 9.84 Å². The lowest BCUT2D eigenvalue weighted by Crippen LogP contribution is -2.47. The number of carbonyl (C=O) groups excluding carboxylic acids is 1. The van der Waals surface area contributed by atoms with Crippen LogP contribution >= 0.6 is 0 Å². The molecular formula is C20H22N2O4. The highest BCUT2D eigenvalue weighted by Crippen LogP contribution is 2.35. The average molecular weight is 354 g/mol. The second kappa shape index (κ2) is 7.47. The van der Waals surface area contributed by atoms with Crippen LogP contribution in [-0.2, 0) is 4.79 Å². The molecule has 0 fully saturated rings. The summed E-state index contributed by atoms with van der Waals surface area (Å²) in [5, 5.41) is 12.1. The predicted octanol–water partition coefficient (Wildman–Crippen LogP) is 3.52. The van der Waals surface area contributed by atoms with Crippen molar-refractivity contribution in [3.05, 3.63) is 59.7 Å². The molecule has 6 heteroatoms. The summed E-state index contributed by atoms with van der Waals surface area (Å²) < 4.78 is 5.18. The lowest BCUT2D eigenvalue weighted by atomic mass is 10.0. The van der Waals surface area contributed by atoms with Crippen molar-refractivity contribution in [2.24, 2.45) is 0 Å². The number of carbonyl (C=O) groups is 2. The number of hydrogen-bond acceptors (Lipinski definition) is 4. The van der Waals surface area contributed by atoms with Gasteiger partial charge in [0.25, 0.3) is 5.91 Å². The standard InChI is InChI=1S/C20H22N2O4/c1-3-13(2)22-19(21-17-7-5-4-6-16(17)20(22)25)14-8-10-15(11-9-14)26-12-18(23)24/h4-11,13,19,21H,3,12H2,1-2H3,(H,23,24)/t13-,19+/m1/s1. The van der Waals surface area contributed by atoms with E-state index in [0.717, 1.165) is 17.7 Å². The van der Waals surface area contributed by atoms with Crippen molar-refractivity contribution in [3.8, 4) is 5.75 Å². The number of carboxylic acids is 1. The molecule has 136 valence electrons. The lowest BCUT2D eigenvalue weighted by Gasteiger charge is -2.41. The first-order valence-corrected chi connectivity index (χ1v) is 8.64. The molecule has 2 aromatic carbocycles. The highest BCUT2D eigenvalue weighted by Gasteiger charge is 2.35. The molecule has 0 bridgehead atoms. The maximum Gasteiger partial charge on any atom is 0.341 e. The Balaban J connectivity index is 1.91. The van der Waals surface area contributed by atoms with E-state index in [-0.39, 0.29) is 24.7 Å². The van der Waals surface area contributed by atoms with Gasteiger partial charge >= 0.3 is 5.97 Å². The minimum absolute atomic E-state index is 0.00454. The van der Waals surface area contributed by atoms with Crippen LogP contribution in [0.3, 0.4) is 0 Å². The Kier molecular flexibility index (Phi) is 5.11. The molecule has 2 N–H and O–H groups in total. The first-order valence-electron chi connectivity index (χ1n) is 8.64. The van der Waals surface area contributed by atoms with Crippen LogP contribution in [-0.4, -0.2) is 34.5 Å². The molecule has 3 rings (SSSR count). The van der Waals surface area contributed by atoms with Crippen molar-refractivity contribution < 1.29 is 19.4 Å². The maximum atomic E-state index is 13.0. The van der Waals surface area contributed by atoms with Crippen molar-refractivity contribution in [2.45, 2.75) is 32.5 Å². The van der Waals surface area contributed by atoms with Crippen LogP contribution in [0.5, 0.6) is 5.75 Å². The summed E-state index contributed by atoms with van der Waals surface area (Å²) in [6.45, 7) is 3.70. The van der Waals surface area contributed by atoms with Crippen LogP contribution in [0.2, 0.25) is 0 Å². The number of rotatable bonds is 6. The van der Waals surface area contributed by atoms with Crippen molar-refractivity contribution >= 4 is 17.6 Å². The molecular weight excluding hydrogens is 332 g/mol. The van der Waals surface area contributed by atoms with Crippen molar-refractivity contribution in [1.82, 2.24) is 4.90 Å². The van der Waals surface area contributed by atoms with E-state index in [0.29, 0.717) is 11.3 Å². The molecule has 0 saturated carbocycles. The Morgan fingerprint density at radius 2 is 1.92 bits per heavy atom. The Labute approximate surface area is 152 Å². The van der Waals surface area contributed by atoms with E-state index >= 15 is 0 Å². The third-order valence-electron chi connectivity index (χ3n) is 4.59. The van der Waals surface area contributed by atoms with E-state index in [1.54, 1.807) is 12.1 Å². The van der Waals surface area contributed by atoms with Gasteiger partial charge in [0.05, 0.1) is 5.56 Å². The van der Waals surface area contributed by atoms with Gasteiger partial charge in [0.2, 0.25) is 0 Å². The maximum absolute atomic E-state index is 13.0. The van der Waals surface area contributed by atoms with E-state index < -0.39 is 5.97 Å². The van der Waals surface area contributed by atoms with Crippen LogP contribution in [0, 0.1) is 0 Å². The fourth-order valence-corrected chi connectivity index (χ4v) is 3.06. The number of nitrogens with zero attached hydrogens (tertiary/aromatic N) is 1. The SMILES string of the molecule is CC[C@@H](C)N1C(=O)c2ccccc2N[C@@H]1c1ccc(OCC(=O)O)cc1. The second-order valence-corrected chi connectivity index (χ2v) is 6.31. The summed E-state index contributed by atoms with van der Waals surface area (Å²) in [6.07, 6.45) is 0.548. The molecule has 0 aliphatic carbocycles. The third-order valence-corrected chi connectivity index (χ3v) is 4.59. The number of hydrogen-bond donors (Lipinski definition) is 2. The molecule has 0 unspecified atom stereocenters. The van der Waals surface area contributed by atoms with Crippen LogP contribution in [0.1, 0.15) is 42.4 Å². The number of benzene rings is 2. The fraction of sp³-hybridized carbons (Fsp3) is 0.300. The molecule has 0 radical (unpaired) electrons. The van der Waals surface area contributed by atoms with Gasteiger partial charge in [0.1, 0.15) is 11.9 Å². The van der Waals surface area contributed by atoms with Crippen molar-refractivity contribution in [3.63, 3.8) is 0 Å². The van der Waals surface area contributed by atoms with Crippen molar-refractivity contribution in [1.29, 1.82) is 0 Å². The number of fused-ring (bicyclic) bond motifs is 1. The minimum Gasteiger partial charge on any atom is -0.482 e. The van der Waals surface area contributed by atoms with Gasteiger partial charge in [-0.1, -0.05) is 31.2 Å². The van der Waals surface area contributed by atoms with Crippen LogP contribution in [0.15, 0.2) is 48.5 Å². The summed E-state index contributed by atoms with van der Waals surface area (Å²) in [6, 6.07) is 14.7. The van der Waals surface area contributed by atoms with Gasteiger partial charge in [0, 0.05) is 11.7 Å². The number of amides is 1. The zero-order chi connectivity index (χ0) is 18.7. The first kappa shape index (κ1) is 17.8. The quantitative estimate of drug-likeness (QED) is 0.830. The number of nitrogens with one attached hydrogen (secondary N) is 1. The number of anilines is 1. The van der Waals surface area contributed by atoms with Crippen LogP contribution < -0.4 is 10.1 Å². The highest BCUT2D eigenvalue weighted by molar-refractivity contribution is 6.01. The second-order valence-electron chi connectivity index (χ2n) is 6.31. The molecule has 0 spiro atoms. The first-order chi connectivity index (χ1) is 12.5. The molecule has 1 heterocycles. The third kappa shape index (κ3) is 3.49. The average Bonchev–Trinajstić information content (AvgIpc) is 2.66. The van der Waals surface area contributed by atoms with E-state index in [2.05, 4.69) is 12.2 Å². The van der Waals surface area contributed by atoms with E-state index in [1.165, 1.54) is 0 Å². The van der Waals surface area contributed by atoms with E-state index in [9.17, 15) is 9.59 Å². The van der Waals surface area contributed by atoms with Gasteiger partial charge in [-0.05, 0) is 43.2 Å². The fourth-order valence-electron chi connectivity index (χ4n) is 3.06. The molecule has 1 amide bonds. The van der Waals surface area contributed by atoms with Crippen molar-refractivity contribution in [2.75, 3.05) is 11.9 Å². The smallest absolute Gasteiger partial charge is 0.341 e. The van der Waals surface area contributed by atoms with Gasteiger partial charge in [0.15, 0.2) is 6.61 Å². The molecule has 0 aromatic heterocycles. The van der Waals surface area contributed by atoms with Gasteiger partial charge in [-0.2, -0.15) is 0 Å². The minimum atomic E-state index is -1.02. The van der Waals surface area contributed by atoms with Gasteiger partial charge in [-0.3, -0.25) is 4.79 Å². The van der Waals surface area contributed by atoms with Gasteiger partial charge in [-0.25, -0.2) is 4.79 Å². The summed E-state index contributed by atoms with van der Waals surface area (Å²) in [5.74, 6) is -0.535. The topological polar surface area (TPSA) is 78.9 Å². The number of aliphatic carboxylic acids is 1. The molecule has 6 nitrogen and oxygen atoms in total. The largest absolute Gasteiger partial charge is 0.482 e. The molecule has 2 aromatic rings. The normalized spacial score (nSPS) is 17.2. The summed E-state index contributed by atoms with van der Waals surface area (Å²) in [5.41, 5.74) is 2.40. The number of ether oxygens (including phenoxy) is 1. The highest BCUT2D eigenvalue weighted by atomic mass is 16.5. The monoisotopic (exact) mass is 354 g/mol. The summed E-state index contributed by atoms with van der Waals surface area (Å²) >= 11 is 0. The van der Waals surface area contributed by atoms with Gasteiger partial charge in [-0.15, -0.1) is 0 Å². The molecule has 1 aliphatic rings. The zero-order valence-corrected chi connectivity index (χ0v) is 14.8.